The molecule has 0 rings (SSSR count). The summed E-state index contributed by atoms with van der Waals surface area (Å²) < 4.78 is 0.785. The second-order valence-electron chi connectivity index (χ2n) is 5.90. The van der Waals surface area contributed by atoms with Crippen LogP contribution in [0.4, 0.5) is 0 Å². The van der Waals surface area contributed by atoms with Crippen LogP contribution in [0.1, 0.15) is 78.1 Å². The van der Waals surface area contributed by atoms with Gasteiger partial charge in [-0.15, -0.1) is 0 Å². The normalized spacial score (nSPS) is 12.4. The molecule has 0 aromatic rings. The van der Waals surface area contributed by atoms with Crippen LogP contribution in [-0.4, -0.2) is 31.4 Å². The molecule has 0 aliphatic heterocycles. The van der Waals surface area contributed by atoms with Gasteiger partial charge in [-0.2, -0.15) is 0 Å². The van der Waals surface area contributed by atoms with Crippen molar-refractivity contribution >= 4 is 6.21 Å². The Morgan fingerprint density at radius 3 is 1.67 bits per heavy atom. The Kier molecular flexibility index (Phi) is 11.5. The van der Waals surface area contributed by atoms with Crippen molar-refractivity contribution in [1.82, 2.24) is 0 Å². The highest BCUT2D eigenvalue weighted by atomic mass is 15.6. The number of rotatable bonds is 12. The van der Waals surface area contributed by atoms with E-state index in [0.717, 1.165) is 4.59 Å². The predicted octanol–water partition coefficient (Wildman–Crippen LogP) is 4.99. The van der Waals surface area contributed by atoms with Crippen molar-refractivity contribution in [3.05, 3.63) is 0 Å². The van der Waals surface area contributed by atoms with Gasteiger partial charge in [0, 0.05) is 0 Å². The first-order chi connectivity index (χ1) is 8.62. The first kappa shape index (κ1) is 17.6. The molecule has 0 aliphatic rings. The maximum absolute atomic E-state index is 4.44. The highest BCUT2D eigenvalue weighted by Gasteiger charge is 2.11. The van der Waals surface area contributed by atoms with E-state index in [9.17, 15) is 0 Å². The summed E-state index contributed by atoms with van der Waals surface area (Å²) >= 11 is 0. The first-order valence-corrected chi connectivity index (χ1v) is 7.95. The molecule has 0 saturated carbocycles. The van der Waals surface area contributed by atoms with Gasteiger partial charge in [0.15, 0.2) is 0 Å². The summed E-state index contributed by atoms with van der Waals surface area (Å²) in [5, 5.41) is 4.44. The number of hydrogen-bond acceptors (Lipinski definition) is 1. The Hall–Kier alpha value is -0.370. The zero-order chi connectivity index (χ0) is 13.7. The second-order valence-corrected chi connectivity index (χ2v) is 5.90. The molecule has 2 heteroatoms. The van der Waals surface area contributed by atoms with Crippen LogP contribution >= 0.6 is 0 Å². The summed E-state index contributed by atoms with van der Waals surface area (Å²) in [6.07, 6.45) is 16.0. The maximum atomic E-state index is 4.44. The van der Waals surface area contributed by atoms with E-state index in [4.69, 9.17) is 0 Å². The topological polar surface area (TPSA) is 12.4 Å². The molecule has 0 bridgehead atoms. The molecule has 0 N–H and O–H groups in total. The van der Waals surface area contributed by atoms with Crippen molar-refractivity contribution in [2.45, 2.75) is 78.1 Å². The van der Waals surface area contributed by atoms with Crippen molar-refractivity contribution in [3.8, 4) is 0 Å². The Morgan fingerprint density at radius 1 is 0.778 bits per heavy atom. The lowest BCUT2D eigenvalue weighted by molar-refractivity contribution is -0.896. The van der Waals surface area contributed by atoms with E-state index in [0.29, 0.717) is 0 Å². The lowest BCUT2D eigenvalue weighted by atomic mass is 10.1. The van der Waals surface area contributed by atoms with Gasteiger partial charge in [0.05, 0.1) is 20.3 Å². The molecule has 0 spiro atoms. The van der Waals surface area contributed by atoms with Gasteiger partial charge in [-0.25, -0.2) is 4.59 Å². The Bertz CT molecular complexity index is 197. The monoisotopic (exact) mass is 255 g/mol. The van der Waals surface area contributed by atoms with Gasteiger partial charge in [0.1, 0.15) is 6.54 Å². The second kappa shape index (κ2) is 11.7. The fraction of sp³-hybridized carbons (Fsp3) is 0.938. The summed E-state index contributed by atoms with van der Waals surface area (Å²) in [5.74, 6) is 0. The van der Waals surface area contributed by atoms with Gasteiger partial charge in [0.2, 0.25) is 0 Å². The fourth-order valence-electron chi connectivity index (χ4n) is 2.36. The number of unbranched alkanes of at least 4 members (excludes halogenated alkanes) is 9. The zero-order valence-electron chi connectivity index (χ0n) is 13.2. The van der Waals surface area contributed by atoms with E-state index in [1.165, 1.54) is 70.8 Å². The minimum atomic E-state index is 0.785. The standard InChI is InChI=1S/C16H35N2/c1-5-7-8-9-10-11-12-13-14-15-16-18(3,4)17-6-2/h6H,5,7-16H2,1-4H3/q+1/b17-6+. The number of hydrogen-bond donors (Lipinski definition) is 0. The van der Waals surface area contributed by atoms with E-state index in [1.807, 2.05) is 13.1 Å². The van der Waals surface area contributed by atoms with Gasteiger partial charge in [-0.3, -0.25) is 0 Å². The van der Waals surface area contributed by atoms with Crippen molar-refractivity contribution in [2.24, 2.45) is 5.10 Å². The number of quaternary nitrogens is 1. The third-order valence-electron chi connectivity index (χ3n) is 3.49. The Balaban J connectivity index is 3.21. The van der Waals surface area contributed by atoms with Gasteiger partial charge < -0.3 is 0 Å². The minimum absolute atomic E-state index is 0.785. The van der Waals surface area contributed by atoms with E-state index in [2.05, 4.69) is 26.1 Å². The van der Waals surface area contributed by atoms with Crippen LogP contribution in [0.5, 0.6) is 0 Å². The van der Waals surface area contributed by atoms with Crippen LogP contribution in [0.3, 0.4) is 0 Å². The summed E-state index contributed by atoms with van der Waals surface area (Å²) in [7, 11) is 4.35. The van der Waals surface area contributed by atoms with Crippen molar-refractivity contribution < 1.29 is 4.59 Å². The van der Waals surface area contributed by atoms with E-state index >= 15 is 0 Å². The smallest absolute Gasteiger partial charge is 0.103 e. The molecule has 0 amide bonds. The van der Waals surface area contributed by atoms with Gasteiger partial charge in [-0.05, 0) is 19.8 Å². The van der Waals surface area contributed by atoms with Crippen LogP contribution in [0, 0.1) is 0 Å². The summed E-state index contributed by atoms with van der Waals surface area (Å²) in [4.78, 5) is 0. The average molecular weight is 255 g/mol. The van der Waals surface area contributed by atoms with Gasteiger partial charge in [0.25, 0.3) is 0 Å². The molecule has 0 aromatic carbocycles. The molecule has 0 heterocycles. The average Bonchev–Trinajstić information content (AvgIpc) is 2.31. The fourth-order valence-corrected chi connectivity index (χ4v) is 2.36. The minimum Gasteiger partial charge on any atom is -0.203 e. The van der Waals surface area contributed by atoms with E-state index < -0.39 is 0 Å². The van der Waals surface area contributed by atoms with E-state index in [1.54, 1.807) is 0 Å². The zero-order valence-corrected chi connectivity index (χ0v) is 13.2. The SMILES string of the molecule is C/C=N/[N+](C)(C)CCCCCCCCCCCC. The van der Waals surface area contributed by atoms with Crippen molar-refractivity contribution in [3.63, 3.8) is 0 Å². The molecular formula is C16H35N2+. The Morgan fingerprint density at radius 2 is 1.22 bits per heavy atom. The Labute approximate surface area is 115 Å². The molecule has 108 valence electrons. The quantitative estimate of drug-likeness (QED) is 0.202. The predicted molar refractivity (Wildman–Crippen MR) is 83.0 cm³/mol. The molecule has 2 nitrogen and oxygen atoms in total. The highest BCUT2D eigenvalue weighted by Crippen LogP contribution is 2.11. The third-order valence-corrected chi connectivity index (χ3v) is 3.49. The summed E-state index contributed by atoms with van der Waals surface area (Å²) in [5.41, 5.74) is 0. The van der Waals surface area contributed by atoms with Crippen LogP contribution in [0.2, 0.25) is 0 Å². The largest absolute Gasteiger partial charge is 0.203 e. The maximum Gasteiger partial charge on any atom is 0.103 e. The van der Waals surface area contributed by atoms with Crippen molar-refractivity contribution in [2.75, 3.05) is 20.6 Å². The van der Waals surface area contributed by atoms with Crippen LogP contribution in [-0.2, 0) is 0 Å². The molecule has 0 radical (unpaired) electrons. The molecule has 0 saturated heterocycles. The molecular weight excluding hydrogens is 220 g/mol. The van der Waals surface area contributed by atoms with Gasteiger partial charge >= 0.3 is 0 Å². The number of nitrogens with zero attached hydrogens (tertiary/aromatic N) is 2. The van der Waals surface area contributed by atoms with Crippen LogP contribution in [0.15, 0.2) is 5.10 Å². The summed E-state index contributed by atoms with van der Waals surface area (Å²) in [6.45, 7) is 5.45. The van der Waals surface area contributed by atoms with Crippen LogP contribution in [0.25, 0.3) is 0 Å². The third kappa shape index (κ3) is 12.1. The molecule has 0 aromatic heterocycles. The van der Waals surface area contributed by atoms with Crippen molar-refractivity contribution in [1.29, 1.82) is 0 Å². The molecule has 0 fully saturated rings. The van der Waals surface area contributed by atoms with E-state index in [-0.39, 0.29) is 0 Å². The van der Waals surface area contributed by atoms with Crippen LogP contribution < -0.4 is 0 Å². The van der Waals surface area contributed by atoms with Gasteiger partial charge in [-0.1, -0.05) is 63.4 Å². The first-order valence-electron chi connectivity index (χ1n) is 7.95. The molecule has 18 heavy (non-hydrogen) atoms. The summed E-state index contributed by atoms with van der Waals surface area (Å²) in [6, 6.07) is 0. The molecule has 0 aliphatic carbocycles. The highest BCUT2D eigenvalue weighted by molar-refractivity contribution is 5.52. The molecule has 0 unspecified atom stereocenters. The molecule has 0 atom stereocenters. The lowest BCUT2D eigenvalue weighted by Crippen LogP contribution is -2.34. The lowest BCUT2D eigenvalue weighted by Gasteiger charge is -2.21.